The van der Waals surface area contributed by atoms with Gasteiger partial charge in [-0.3, -0.25) is 0 Å². The molecule has 0 radical (unpaired) electrons. The summed E-state index contributed by atoms with van der Waals surface area (Å²) in [4.78, 5) is 11.6. The lowest BCUT2D eigenvalue weighted by Gasteiger charge is -2.14. The second kappa shape index (κ2) is 13.9. The number of carbonyl (C=O) groups excluding carboxylic acids is 1. The number of aryl methyl sites for hydroxylation is 1. The lowest BCUT2D eigenvalue weighted by Crippen LogP contribution is -2.15. The van der Waals surface area contributed by atoms with Gasteiger partial charge in [-0.15, -0.1) is 13.2 Å². The van der Waals surface area contributed by atoms with Crippen molar-refractivity contribution in [2.24, 2.45) is 0 Å². The van der Waals surface area contributed by atoms with Crippen molar-refractivity contribution >= 4 is 5.97 Å². The summed E-state index contributed by atoms with van der Waals surface area (Å²) in [5.74, 6) is 0.869. The highest BCUT2D eigenvalue weighted by atomic mass is 16.6. The van der Waals surface area contributed by atoms with E-state index < -0.39 is 12.6 Å². The first-order chi connectivity index (χ1) is 15.6. The van der Waals surface area contributed by atoms with Crippen LogP contribution in [0.5, 0.6) is 11.5 Å². The van der Waals surface area contributed by atoms with Crippen LogP contribution >= 0.6 is 0 Å². The minimum absolute atomic E-state index is 0.0198. The summed E-state index contributed by atoms with van der Waals surface area (Å²) >= 11 is 0. The number of allylic oxidation sites excluding steroid dienone is 1. The molecule has 0 aromatic heterocycles. The molecular weight excluding hydrogens is 404 g/mol. The summed E-state index contributed by atoms with van der Waals surface area (Å²) in [7, 11) is 0. The molecule has 1 N–H and O–H groups in total. The fourth-order valence-electron chi connectivity index (χ4n) is 3.04. The lowest BCUT2D eigenvalue weighted by atomic mass is 9.95. The molecular formula is C27H32O5. The third-order valence-electron chi connectivity index (χ3n) is 4.74. The number of esters is 1. The van der Waals surface area contributed by atoms with Crippen molar-refractivity contribution in [3.05, 3.63) is 85.5 Å². The van der Waals surface area contributed by atoms with Crippen molar-refractivity contribution in [3.8, 4) is 22.6 Å². The van der Waals surface area contributed by atoms with Crippen LogP contribution in [0.3, 0.4) is 0 Å². The number of benzene rings is 2. The topological polar surface area (TPSA) is 65.0 Å². The lowest BCUT2D eigenvalue weighted by molar-refractivity contribution is -0.140. The molecule has 0 atom stereocenters. The average molecular weight is 437 g/mol. The Kier molecular flexibility index (Phi) is 10.8. The zero-order chi connectivity index (χ0) is 23.2. The highest BCUT2D eigenvalue weighted by Crippen LogP contribution is 2.31. The first-order valence-electron chi connectivity index (χ1n) is 10.8. The van der Waals surface area contributed by atoms with Gasteiger partial charge < -0.3 is 19.3 Å². The van der Waals surface area contributed by atoms with E-state index in [0.717, 1.165) is 42.6 Å². The zero-order valence-corrected chi connectivity index (χ0v) is 18.6. The van der Waals surface area contributed by atoms with Crippen LogP contribution in [0.2, 0.25) is 0 Å². The van der Waals surface area contributed by atoms with E-state index in [1.54, 1.807) is 0 Å². The molecule has 32 heavy (non-hydrogen) atoms. The summed E-state index contributed by atoms with van der Waals surface area (Å²) in [5.41, 5.74) is 3.36. The number of hydrogen-bond donors (Lipinski definition) is 1. The van der Waals surface area contributed by atoms with E-state index in [1.165, 1.54) is 5.56 Å². The molecule has 2 rings (SSSR count). The van der Waals surface area contributed by atoms with Gasteiger partial charge in [-0.1, -0.05) is 36.9 Å². The fraction of sp³-hybridized carbons (Fsp3) is 0.296. The molecule has 0 unspecified atom stereocenters. The van der Waals surface area contributed by atoms with Gasteiger partial charge in [0, 0.05) is 0 Å². The molecule has 5 heteroatoms. The largest absolute Gasteiger partial charge is 0.493 e. The van der Waals surface area contributed by atoms with E-state index in [9.17, 15) is 4.79 Å². The van der Waals surface area contributed by atoms with Gasteiger partial charge in [0.1, 0.15) is 24.7 Å². The Labute approximate surface area is 190 Å². The Balaban J connectivity index is 2.14. The third-order valence-corrected chi connectivity index (χ3v) is 4.74. The highest BCUT2D eigenvalue weighted by Gasteiger charge is 2.10. The number of ether oxygens (including phenoxy) is 3. The van der Waals surface area contributed by atoms with E-state index in [2.05, 4.69) is 31.9 Å². The SMILES string of the molecule is C=CCCCc1ccc(OCCOC(=O)C(=C)CO)cc1-c1cccc(OCCC=C)c1. The molecule has 0 saturated heterocycles. The summed E-state index contributed by atoms with van der Waals surface area (Å²) in [6.45, 7) is 11.4. The Bertz CT molecular complexity index is 916. The molecule has 2 aromatic carbocycles. The predicted octanol–water partition coefficient (Wildman–Crippen LogP) is 5.29. The van der Waals surface area contributed by atoms with Gasteiger partial charge in [0.15, 0.2) is 0 Å². The van der Waals surface area contributed by atoms with Crippen LogP contribution < -0.4 is 9.47 Å². The van der Waals surface area contributed by atoms with Crippen molar-refractivity contribution < 1.29 is 24.1 Å². The van der Waals surface area contributed by atoms with Crippen molar-refractivity contribution in [2.45, 2.75) is 25.7 Å². The maximum absolute atomic E-state index is 11.6. The molecule has 0 spiro atoms. The van der Waals surface area contributed by atoms with Crippen LogP contribution in [0.1, 0.15) is 24.8 Å². The quantitative estimate of drug-likeness (QED) is 0.178. The monoisotopic (exact) mass is 436 g/mol. The molecule has 2 aromatic rings. The summed E-state index contributed by atoms with van der Waals surface area (Å²) in [5, 5.41) is 8.91. The number of aliphatic hydroxyl groups is 1. The third kappa shape index (κ3) is 8.08. The van der Waals surface area contributed by atoms with Gasteiger partial charge in [0.05, 0.1) is 18.8 Å². The van der Waals surface area contributed by atoms with Gasteiger partial charge in [0.2, 0.25) is 0 Å². The smallest absolute Gasteiger partial charge is 0.335 e. The van der Waals surface area contributed by atoms with Crippen molar-refractivity contribution in [1.82, 2.24) is 0 Å². The van der Waals surface area contributed by atoms with Crippen LogP contribution in [0.4, 0.5) is 0 Å². The molecule has 0 bridgehead atoms. The molecule has 0 fully saturated rings. The highest BCUT2D eigenvalue weighted by molar-refractivity contribution is 5.87. The maximum atomic E-state index is 11.6. The Hall–Kier alpha value is -3.31. The molecule has 0 aliphatic carbocycles. The van der Waals surface area contributed by atoms with Crippen molar-refractivity contribution in [2.75, 3.05) is 26.4 Å². The minimum Gasteiger partial charge on any atom is -0.493 e. The molecule has 5 nitrogen and oxygen atoms in total. The molecule has 0 aliphatic heterocycles. The van der Waals surface area contributed by atoms with Gasteiger partial charge in [-0.25, -0.2) is 4.79 Å². The molecule has 0 heterocycles. The first-order valence-corrected chi connectivity index (χ1v) is 10.8. The van der Waals surface area contributed by atoms with Crippen LogP contribution in [0.25, 0.3) is 11.1 Å². The van der Waals surface area contributed by atoms with Crippen LogP contribution in [0, 0.1) is 0 Å². The Morgan fingerprint density at radius 3 is 2.44 bits per heavy atom. The molecule has 0 amide bonds. The van der Waals surface area contributed by atoms with Gasteiger partial charge in [-0.05, 0) is 66.6 Å². The van der Waals surface area contributed by atoms with Gasteiger partial charge in [0.25, 0.3) is 0 Å². The van der Waals surface area contributed by atoms with Crippen LogP contribution in [-0.4, -0.2) is 37.5 Å². The zero-order valence-electron chi connectivity index (χ0n) is 18.6. The van der Waals surface area contributed by atoms with Gasteiger partial charge in [-0.2, -0.15) is 0 Å². The number of unbranched alkanes of at least 4 members (excludes halogenated alkanes) is 1. The van der Waals surface area contributed by atoms with Crippen LogP contribution in [0.15, 0.2) is 79.9 Å². The first kappa shape index (κ1) is 25.0. The van der Waals surface area contributed by atoms with Crippen LogP contribution in [-0.2, 0) is 16.0 Å². The maximum Gasteiger partial charge on any atom is 0.335 e. The van der Waals surface area contributed by atoms with E-state index in [-0.39, 0.29) is 18.8 Å². The summed E-state index contributed by atoms with van der Waals surface area (Å²) in [6, 6.07) is 14.0. The number of aliphatic hydroxyl groups excluding tert-OH is 1. The second-order valence-corrected chi connectivity index (χ2v) is 7.20. The standard InChI is InChI=1S/C27H32O5/c1-4-6-8-10-22-13-14-25(31-16-17-32-27(29)21(3)20-28)19-26(22)23-11-9-12-24(18-23)30-15-7-5-2/h4-5,9,11-14,18-19,28H,1-3,6-8,10,15-17,20H2. The van der Waals surface area contributed by atoms with Gasteiger partial charge >= 0.3 is 5.97 Å². The van der Waals surface area contributed by atoms with Crippen molar-refractivity contribution in [1.29, 1.82) is 0 Å². The van der Waals surface area contributed by atoms with E-state index in [1.807, 2.05) is 42.5 Å². The molecule has 0 saturated carbocycles. The van der Waals surface area contributed by atoms with Crippen molar-refractivity contribution in [3.63, 3.8) is 0 Å². The summed E-state index contributed by atoms with van der Waals surface area (Å²) in [6.07, 6.45) is 7.43. The van der Waals surface area contributed by atoms with E-state index >= 15 is 0 Å². The molecule has 0 aliphatic rings. The van der Waals surface area contributed by atoms with E-state index in [4.69, 9.17) is 19.3 Å². The fourth-order valence-corrected chi connectivity index (χ4v) is 3.04. The predicted molar refractivity (Wildman–Crippen MR) is 128 cm³/mol. The second-order valence-electron chi connectivity index (χ2n) is 7.20. The normalized spacial score (nSPS) is 10.3. The van der Waals surface area contributed by atoms with E-state index in [0.29, 0.717) is 12.4 Å². The Morgan fingerprint density at radius 2 is 1.69 bits per heavy atom. The number of hydrogen-bond acceptors (Lipinski definition) is 5. The minimum atomic E-state index is -0.623. The summed E-state index contributed by atoms with van der Waals surface area (Å²) < 4.78 is 16.6. The number of carbonyl (C=O) groups is 1. The Morgan fingerprint density at radius 1 is 0.938 bits per heavy atom. The number of rotatable bonds is 15. The average Bonchev–Trinajstić information content (AvgIpc) is 2.82. The molecule has 170 valence electrons.